The number of aliphatic hydroxyl groups is 2. The summed E-state index contributed by atoms with van der Waals surface area (Å²) < 4.78 is 16.5. The fourth-order valence-corrected chi connectivity index (χ4v) is 4.90. The predicted molar refractivity (Wildman–Crippen MR) is 100 cm³/mol. The van der Waals surface area contributed by atoms with Crippen molar-refractivity contribution in [1.82, 2.24) is 0 Å². The lowest BCUT2D eigenvalue weighted by Gasteiger charge is -2.41. The maximum atomic E-state index is 12.3. The molecule has 0 spiro atoms. The van der Waals surface area contributed by atoms with Gasteiger partial charge in [-0.3, -0.25) is 9.59 Å². The molecule has 0 aromatic carbocycles. The van der Waals surface area contributed by atoms with E-state index in [4.69, 9.17) is 14.2 Å². The van der Waals surface area contributed by atoms with Crippen molar-refractivity contribution >= 4 is 17.9 Å². The SMILES string of the molecule is C=C1C(=O)O[C@@H]2[C@H]1[C@H](O)[C@H](OC(=O)C(C)C)[C@](C)(O)[C@@H]1[C@H]2C(C)=C[C@@H]1OC(C)=O. The number of hydrogen-bond acceptors (Lipinski definition) is 8. The van der Waals surface area contributed by atoms with Crippen LogP contribution in [0.1, 0.15) is 34.6 Å². The molecular formula is C21H28O8. The van der Waals surface area contributed by atoms with Gasteiger partial charge in [-0.2, -0.15) is 0 Å². The van der Waals surface area contributed by atoms with Crippen LogP contribution in [0.5, 0.6) is 0 Å². The van der Waals surface area contributed by atoms with Gasteiger partial charge < -0.3 is 24.4 Å². The molecule has 1 aliphatic heterocycles. The maximum Gasteiger partial charge on any atom is 0.334 e. The minimum atomic E-state index is -1.78. The van der Waals surface area contributed by atoms with E-state index in [-0.39, 0.29) is 5.57 Å². The number of esters is 3. The highest BCUT2D eigenvalue weighted by atomic mass is 16.6. The third-order valence-electron chi connectivity index (χ3n) is 6.25. The quantitative estimate of drug-likeness (QED) is 0.306. The number of aliphatic hydroxyl groups excluding tert-OH is 1. The van der Waals surface area contributed by atoms with Gasteiger partial charge in [0.25, 0.3) is 0 Å². The Morgan fingerprint density at radius 1 is 1.28 bits per heavy atom. The second-order valence-electron chi connectivity index (χ2n) is 8.69. The van der Waals surface area contributed by atoms with Crippen molar-refractivity contribution in [3.05, 3.63) is 23.8 Å². The van der Waals surface area contributed by atoms with E-state index in [1.165, 1.54) is 13.8 Å². The van der Waals surface area contributed by atoms with Gasteiger partial charge in [0.2, 0.25) is 0 Å². The lowest BCUT2D eigenvalue weighted by Crippen LogP contribution is -2.57. The summed E-state index contributed by atoms with van der Waals surface area (Å²) in [5.41, 5.74) is -0.963. The Balaban J connectivity index is 2.13. The van der Waals surface area contributed by atoms with E-state index >= 15 is 0 Å². The van der Waals surface area contributed by atoms with Gasteiger partial charge in [0.05, 0.1) is 11.8 Å². The molecule has 3 aliphatic rings. The van der Waals surface area contributed by atoms with Gasteiger partial charge in [0.15, 0.2) is 6.10 Å². The van der Waals surface area contributed by atoms with Crippen LogP contribution in [0.2, 0.25) is 0 Å². The summed E-state index contributed by atoms with van der Waals surface area (Å²) in [7, 11) is 0. The standard InChI is InChI=1S/C21H28O8/c1-8(2)19(24)29-18-16(23)14-10(4)20(25)28-17(14)13-9(3)7-12(27-11(5)22)15(13)21(18,6)26/h7-8,12-18,23,26H,4H2,1-3,5-6H3/t12-,13+,14+,15-,16-,17-,18-,21+/m0/s1. The predicted octanol–water partition coefficient (Wildman–Crippen LogP) is 0.901. The minimum absolute atomic E-state index is 0.0632. The summed E-state index contributed by atoms with van der Waals surface area (Å²) in [6.07, 6.45) is -2.74. The van der Waals surface area contributed by atoms with Gasteiger partial charge in [-0.15, -0.1) is 0 Å². The van der Waals surface area contributed by atoms with Crippen LogP contribution in [0, 0.1) is 23.7 Å². The van der Waals surface area contributed by atoms with Crippen molar-refractivity contribution in [3.63, 3.8) is 0 Å². The van der Waals surface area contributed by atoms with Gasteiger partial charge in [0.1, 0.15) is 23.9 Å². The Bertz CT molecular complexity index is 780. The largest absolute Gasteiger partial charge is 0.458 e. The fourth-order valence-electron chi connectivity index (χ4n) is 4.90. The summed E-state index contributed by atoms with van der Waals surface area (Å²) in [6.45, 7) is 11.5. The molecule has 8 heteroatoms. The van der Waals surface area contributed by atoms with Crippen molar-refractivity contribution < 1.29 is 38.8 Å². The van der Waals surface area contributed by atoms with E-state index < -0.39 is 71.6 Å². The van der Waals surface area contributed by atoms with E-state index in [1.54, 1.807) is 26.8 Å². The van der Waals surface area contributed by atoms with Crippen LogP contribution in [0.4, 0.5) is 0 Å². The van der Waals surface area contributed by atoms with Gasteiger partial charge in [-0.25, -0.2) is 4.79 Å². The third-order valence-corrected chi connectivity index (χ3v) is 6.25. The molecule has 160 valence electrons. The molecule has 2 N–H and O–H groups in total. The summed E-state index contributed by atoms with van der Waals surface area (Å²) >= 11 is 0. The molecule has 29 heavy (non-hydrogen) atoms. The number of fused-ring (bicyclic) bond motifs is 3. The first-order valence-corrected chi connectivity index (χ1v) is 9.74. The number of carbonyl (C=O) groups is 3. The Hall–Kier alpha value is -2.19. The molecule has 2 fully saturated rings. The van der Waals surface area contributed by atoms with Crippen LogP contribution in [0.15, 0.2) is 23.8 Å². The zero-order chi connectivity index (χ0) is 21.8. The van der Waals surface area contributed by atoms with E-state index in [2.05, 4.69) is 6.58 Å². The van der Waals surface area contributed by atoms with Crippen LogP contribution in [0.25, 0.3) is 0 Å². The molecule has 0 bridgehead atoms. The van der Waals surface area contributed by atoms with E-state index in [9.17, 15) is 24.6 Å². The zero-order valence-corrected chi connectivity index (χ0v) is 17.2. The van der Waals surface area contributed by atoms with Crippen LogP contribution in [0.3, 0.4) is 0 Å². The van der Waals surface area contributed by atoms with Gasteiger partial charge in [-0.05, 0) is 19.9 Å². The summed E-state index contributed by atoms with van der Waals surface area (Å²) in [5.74, 6) is -4.48. The maximum absolute atomic E-state index is 12.3. The Kier molecular flexibility index (Phi) is 5.38. The molecule has 3 rings (SSSR count). The molecule has 0 unspecified atom stereocenters. The smallest absolute Gasteiger partial charge is 0.334 e. The highest BCUT2D eigenvalue weighted by Gasteiger charge is 2.65. The lowest BCUT2D eigenvalue weighted by atomic mass is 9.74. The fraction of sp³-hybridized carbons (Fsp3) is 0.667. The first-order chi connectivity index (χ1) is 13.4. The molecule has 8 nitrogen and oxygen atoms in total. The van der Waals surface area contributed by atoms with E-state index in [0.717, 1.165) is 5.57 Å². The van der Waals surface area contributed by atoms with Crippen molar-refractivity contribution in [1.29, 1.82) is 0 Å². The number of carbonyl (C=O) groups excluding carboxylic acids is 3. The van der Waals surface area contributed by atoms with Crippen LogP contribution < -0.4 is 0 Å². The first kappa shape index (κ1) is 21.5. The summed E-state index contributed by atoms with van der Waals surface area (Å²) in [5, 5.41) is 22.7. The third kappa shape index (κ3) is 3.38. The molecular weight excluding hydrogens is 380 g/mol. The highest BCUT2D eigenvalue weighted by Crippen LogP contribution is 2.53. The Morgan fingerprint density at radius 2 is 1.90 bits per heavy atom. The van der Waals surface area contributed by atoms with Gasteiger partial charge in [0, 0.05) is 24.3 Å². The van der Waals surface area contributed by atoms with E-state index in [1.807, 2.05) is 0 Å². The topological polar surface area (TPSA) is 119 Å². The second-order valence-corrected chi connectivity index (χ2v) is 8.69. The van der Waals surface area contributed by atoms with E-state index in [0.29, 0.717) is 0 Å². The van der Waals surface area contributed by atoms with Crippen LogP contribution in [-0.2, 0) is 28.6 Å². The number of rotatable bonds is 3. The second kappa shape index (κ2) is 7.25. The molecule has 8 atom stereocenters. The normalized spacial score (nSPS) is 41.2. The van der Waals surface area contributed by atoms with Crippen LogP contribution in [-0.4, -0.2) is 58.1 Å². The Labute approximate surface area is 169 Å². The highest BCUT2D eigenvalue weighted by molar-refractivity contribution is 5.91. The number of ether oxygens (including phenoxy) is 3. The van der Waals surface area contributed by atoms with Gasteiger partial charge >= 0.3 is 17.9 Å². The number of hydrogen-bond donors (Lipinski definition) is 2. The van der Waals surface area contributed by atoms with Crippen LogP contribution >= 0.6 is 0 Å². The molecule has 1 heterocycles. The molecule has 2 aliphatic carbocycles. The molecule has 1 saturated heterocycles. The molecule has 0 amide bonds. The average Bonchev–Trinajstić information content (AvgIpc) is 3.05. The average molecular weight is 408 g/mol. The molecule has 0 radical (unpaired) electrons. The minimum Gasteiger partial charge on any atom is -0.458 e. The van der Waals surface area contributed by atoms with Crippen molar-refractivity contribution in [2.24, 2.45) is 23.7 Å². The monoisotopic (exact) mass is 408 g/mol. The first-order valence-electron chi connectivity index (χ1n) is 9.74. The van der Waals surface area contributed by atoms with Crippen molar-refractivity contribution in [2.45, 2.75) is 64.6 Å². The molecule has 0 aromatic heterocycles. The zero-order valence-electron chi connectivity index (χ0n) is 17.2. The molecule has 0 aromatic rings. The summed E-state index contributed by atoms with van der Waals surface area (Å²) in [4.78, 5) is 36.2. The molecule has 1 saturated carbocycles. The van der Waals surface area contributed by atoms with Gasteiger partial charge in [-0.1, -0.05) is 26.0 Å². The lowest BCUT2D eigenvalue weighted by molar-refractivity contribution is -0.199. The Morgan fingerprint density at radius 3 is 2.45 bits per heavy atom. The van der Waals surface area contributed by atoms with Crippen molar-refractivity contribution in [2.75, 3.05) is 0 Å². The summed E-state index contributed by atoms with van der Waals surface area (Å²) in [6, 6.07) is 0. The van der Waals surface area contributed by atoms with Crippen molar-refractivity contribution in [3.8, 4) is 0 Å².